The molecule has 0 amide bonds. The second-order valence-corrected chi connectivity index (χ2v) is 3.20. The van der Waals surface area contributed by atoms with Gasteiger partial charge in [-0.25, -0.2) is 0 Å². The first-order valence-corrected chi connectivity index (χ1v) is 4.99. The van der Waals surface area contributed by atoms with Gasteiger partial charge < -0.3 is 8.90 Å². The Bertz CT molecular complexity index is 142. The molecule has 1 unspecified atom stereocenters. The van der Waals surface area contributed by atoms with Crippen LogP contribution in [0.5, 0.6) is 0 Å². The van der Waals surface area contributed by atoms with E-state index >= 15 is 0 Å². The summed E-state index contributed by atoms with van der Waals surface area (Å²) >= 11 is 0.882. The number of rotatable bonds is 4. The van der Waals surface area contributed by atoms with Crippen molar-refractivity contribution in [2.45, 2.75) is 39.7 Å². The molecule has 0 aromatic carbocycles. The van der Waals surface area contributed by atoms with Crippen molar-refractivity contribution in [2.24, 2.45) is 0 Å². The Morgan fingerprint density at radius 1 is 1.54 bits per heavy atom. The summed E-state index contributed by atoms with van der Waals surface area (Å²) in [5.41, 5.74) is 0. The minimum atomic E-state index is -1.06. The highest BCUT2D eigenvalue weighted by Gasteiger charge is 1.98. The summed E-state index contributed by atoms with van der Waals surface area (Å²) in [7, 11) is 0. The van der Waals surface area contributed by atoms with E-state index in [1.165, 1.54) is 6.92 Å². The molecule has 0 rings (SSSR count). The molecule has 76 valence electrons. The van der Waals surface area contributed by atoms with Gasteiger partial charge in [0.05, 0.1) is 0 Å². The maximum atomic E-state index is 9.87. The van der Waals surface area contributed by atoms with Gasteiger partial charge in [0.25, 0.3) is 0 Å². The molecule has 13 heavy (non-hydrogen) atoms. The summed E-state index contributed by atoms with van der Waals surface area (Å²) in [4.78, 5) is 19.5. The Hall–Kier alpha value is -0.368. The van der Waals surface area contributed by atoms with E-state index in [1.807, 2.05) is 0 Å². The van der Waals surface area contributed by atoms with E-state index in [0.29, 0.717) is 6.10 Å². The van der Waals surface area contributed by atoms with E-state index < -0.39 is 5.97 Å². The summed E-state index contributed by atoms with van der Waals surface area (Å²) in [6, 6.07) is 0. The van der Waals surface area contributed by atoms with Crippen LogP contribution in [0.1, 0.15) is 33.6 Å². The molecule has 0 saturated carbocycles. The van der Waals surface area contributed by atoms with Gasteiger partial charge in [-0.15, -0.1) is 0 Å². The topological polar surface area (TPSA) is 63.6 Å². The van der Waals surface area contributed by atoms with Gasteiger partial charge in [0.15, 0.2) is 0 Å². The van der Waals surface area contributed by atoms with Gasteiger partial charge in [0, 0.05) is 6.10 Å². The number of aliphatic carboxylic acids is 1. The maximum Gasteiger partial charge on any atom is 0.410 e. The number of Topliss-reactive ketones (excluding diaryl/α,β-unsaturated/α-hetero) is 1. The van der Waals surface area contributed by atoms with Crippen LogP contribution >= 0.6 is 0 Å². The molecular weight excluding hydrogens is 187 g/mol. The third-order valence-corrected chi connectivity index (χ3v) is 2.18. The quantitative estimate of drug-likeness (QED) is 0.531. The summed E-state index contributed by atoms with van der Waals surface area (Å²) < 4.78 is 5.04. The lowest BCUT2D eigenvalue weighted by Crippen LogP contribution is -2.01. The molecule has 0 aliphatic heterocycles. The number of carboxylic acids is 1. The van der Waals surface area contributed by atoms with E-state index in [-0.39, 0.29) is 12.2 Å². The second kappa shape index (κ2) is 9.72. The molecule has 0 fully saturated rings. The van der Waals surface area contributed by atoms with Crippen molar-refractivity contribution in [1.29, 1.82) is 0 Å². The Morgan fingerprint density at radius 3 is 2.00 bits per heavy atom. The monoisotopic (exact) mass is 204 g/mol. The van der Waals surface area contributed by atoms with Crippen molar-refractivity contribution < 1.29 is 18.5 Å². The van der Waals surface area contributed by atoms with Crippen LogP contribution in [0.2, 0.25) is 0 Å². The van der Waals surface area contributed by atoms with Gasteiger partial charge in [0.2, 0.25) is 0 Å². The third kappa shape index (κ3) is 18.5. The lowest BCUT2D eigenvalue weighted by molar-refractivity contribution is -0.139. The van der Waals surface area contributed by atoms with Crippen molar-refractivity contribution in [3.05, 3.63) is 0 Å². The number of carbonyl (C=O) groups excluding carboxylic acids is 1. The predicted octanol–water partition coefficient (Wildman–Crippen LogP) is 0.400. The van der Waals surface area contributed by atoms with Gasteiger partial charge in [-0.1, -0.05) is 6.92 Å². The number of ketones is 1. The van der Waals surface area contributed by atoms with E-state index in [2.05, 4.69) is 13.8 Å². The Kier molecular flexibility index (Phi) is 11.3. The first-order valence-electron chi connectivity index (χ1n) is 4.18. The summed E-state index contributed by atoms with van der Waals surface area (Å²) in [6.07, 6.45) is 1.28. The highest BCUT2D eigenvalue weighted by Crippen LogP contribution is 1.89. The molecule has 1 N–H and O–H groups in total. The summed E-state index contributed by atoms with van der Waals surface area (Å²) in [5.74, 6) is -1.37. The van der Waals surface area contributed by atoms with Crippen molar-refractivity contribution in [3.63, 3.8) is 0 Å². The number of carboxylic acid groups (broad SMARTS) is 1. The van der Waals surface area contributed by atoms with Crippen LogP contribution in [0.4, 0.5) is 0 Å². The third-order valence-electron chi connectivity index (χ3n) is 1.38. The molecule has 0 radical (unpaired) electrons. The molecule has 0 bridgehead atoms. The average Bonchev–Trinajstić information content (AvgIpc) is 2.01. The summed E-state index contributed by atoms with van der Waals surface area (Å²) in [5, 5.41) is 7.86. The van der Waals surface area contributed by atoms with Crippen LogP contribution in [0, 0.1) is 0 Å². The summed E-state index contributed by atoms with van der Waals surface area (Å²) in [6.45, 7) is 5.46. The number of hydrogen-bond acceptors (Lipinski definition) is 3. The first-order chi connectivity index (χ1) is 5.93. The molecular formula is C8H17AlO4. The van der Waals surface area contributed by atoms with E-state index in [9.17, 15) is 9.59 Å². The van der Waals surface area contributed by atoms with Crippen LogP contribution < -0.4 is 0 Å². The minimum absolute atomic E-state index is 0.312. The Balaban J connectivity index is 0. The maximum absolute atomic E-state index is 9.87. The molecule has 4 nitrogen and oxygen atoms in total. The smallest absolute Gasteiger partial charge is 0.410 e. The van der Waals surface area contributed by atoms with E-state index in [0.717, 1.165) is 23.0 Å². The van der Waals surface area contributed by atoms with Crippen molar-refractivity contribution >= 4 is 28.4 Å². The lowest BCUT2D eigenvalue weighted by Gasteiger charge is -2.04. The molecule has 0 aliphatic rings. The lowest BCUT2D eigenvalue weighted by atomic mass is 10.3. The van der Waals surface area contributed by atoms with Gasteiger partial charge in [-0.3, -0.25) is 9.59 Å². The fourth-order valence-corrected chi connectivity index (χ4v) is 0.713. The zero-order chi connectivity index (χ0) is 10.9. The van der Waals surface area contributed by atoms with Crippen molar-refractivity contribution in [1.82, 2.24) is 0 Å². The van der Waals surface area contributed by atoms with Gasteiger partial charge in [0.1, 0.15) is 12.2 Å². The molecule has 0 spiro atoms. The predicted molar refractivity (Wildman–Crippen MR) is 52.3 cm³/mol. The van der Waals surface area contributed by atoms with Crippen molar-refractivity contribution in [2.75, 3.05) is 0 Å². The second-order valence-electron chi connectivity index (χ2n) is 2.73. The Labute approximate surface area is 87.0 Å². The van der Waals surface area contributed by atoms with E-state index in [4.69, 9.17) is 8.90 Å². The Morgan fingerprint density at radius 2 is 2.00 bits per heavy atom. The normalized spacial score (nSPS) is 11.0. The molecule has 0 aliphatic carbocycles. The van der Waals surface area contributed by atoms with Crippen molar-refractivity contribution in [3.8, 4) is 0 Å². The van der Waals surface area contributed by atoms with Crippen LogP contribution in [-0.4, -0.2) is 39.6 Å². The fourth-order valence-electron chi connectivity index (χ4n) is 0.380. The van der Waals surface area contributed by atoms with Crippen LogP contribution in [0.25, 0.3) is 0 Å². The van der Waals surface area contributed by atoms with Gasteiger partial charge in [-0.05, 0) is 20.3 Å². The van der Waals surface area contributed by atoms with E-state index in [1.54, 1.807) is 0 Å². The molecule has 0 heterocycles. The van der Waals surface area contributed by atoms with Crippen LogP contribution in [-0.2, 0) is 13.4 Å². The fraction of sp³-hybridized carbons (Fsp3) is 0.750. The van der Waals surface area contributed by atoms with Crippen LogP contribution in [0.15, 0.2) is 0 Å². The average molecular weight is 204 g/mol. The molecule has 0 saturated heterocycles. The standard InChI is InChI=1S/C4H6O3.C4H9O.Al.2H/c1-3(5)2-4(6)7;1-3-4(2)5;;;/h2H2,1H3,(H,6,7);4H,3H2,1-2H3;;;/q;-1;+1;;. The number of carbonyl (C=O) groups is 2. The van der Waals surface area contributed by atoms with Crippen LogP contribution in [0.3, 0.4) is 0 Å². The largest absolute Gasteiger partial charge is 0.504 e. The SMILES string of the molecule is CC(=O)CC(=O)O.CCC(C)[O][AlH2]. The highest BCUT2D eigenvalue weighted by atomic mass is 27.1. The number of hydrogen-bond donors (Lipinski definition) is 1. The van der Waals surface area contributed by atoms with Gasteiger partial charge >= 0.3 is 22.6 Å². The first kappa shape index (κ1) is 15.1. The van der Waals surface area contributed by atoms with Gasteiger partial charge in [-0.2, -0.15) is 0 Å². The zero-order valence-corrected chi connectivity index (χ0v) is 10.7. The molecule has 5 heteroatoms. The molecule has 0 aromatic heterocycles. The molecule has 0 aromatic rings. The minimum Gasteiger partial charge on any atom is -0.504 e. The molecule has 1 atom stereocenters. The highest BCUT2D eigenvalue weighted by molar-refractivity contribution is 5.98. The zero-order valence-electron chi connectivity index (χ0n) is 8.66.